The smallest absolute Gasteiger partial charge is 0.0795 e. The van der Waals surface area contributed by atoms with E-state index in [1.807, 2.05) is 5.51 Å². The van der Waals surface area contributed by atoms with Crippen molar-refractivity contribution in [2.24, 2.45) is 0 Å². The molecule has 3 heteroatoms. The average molecular weight is 246 g/mol. The minimum absolute atomic E-state index is 0.843. The van der Waals surface area contributed by atoms with Crippen LogP contribution in [0.3, 0.4) is 0 Å². The molecule has 0 saturated heterocycles. The third kappa shape index (κ3) is 3.14. The summed E-state index contributed by atoms with van der Waals surface area (Å²) in [7, 11) is 0. The van der Waals surface area contributed by atoms with Gasteiger partial charge in [0.2, 0.25) is 0 Å². The zero-order valence-electron chi connectivity index (χ0n) is 10.6. The molecule has 2 nitrogen and oxygen atoms in total. The number of hydrogen-bond donors (Lipinski definition) is 1. The van der Waals surface area contributed by atoms with Crippen molar-refractivity contribution in [1.29, 1.82) is 0 Å². The van der Waals surface area contributed by atoms with Gasteiger partial charge in [-0.05, 0) is 43.0 Å². The standard InChI is InChI=1S/C14H18N2S/c1-10-4-12(3)13(5-11(10)2)6-15-7-14-8-17-9-16-14/h4-5,8-9,15H,6-7H2,1-3H3. The molecule has 0 saturated carbocycles. The Labute approximate surface area is 107 Å². The van der Waals surface area contributed by atoms with Crippen LogP contribution in [0.2, 0.25) is 0 Å². The Morgan fingerprint density at radius 1 is 1.06 bits per heavy atom. The van der Waals surface area contributed by atoms with E-state index in [1.165, 1.54) is 22.3 Å². The molecule has 0 fully saturated rings. The van der Waals surface area contributed by atoms with Crippen molar-refractivity contribution in [1.82, 2.24) is 10.3 Å². The van der Waals surface area contributed by atoms with Gasteiger partial charge in [0.15, 0.2) is 0 Å². The number of rotatable bonds is 4. The van der Waals surface area contributed by atoms with E-state index in [4.69, 9.17) is 0 Å². The number of aromatic nitrogens is 1. The summed E-state index contributed by atoms with van der Waals surface area (Å²) in [5, 5.41) is 5.52. The van der Waals surface area contributed by atoms with Gasteiger partial charge in [-0.15, -0.1) is 11.3 Å². The van der Waals surface area contributed by atoms with Crippen molar-refractivity contribution in [3.05, 3.63) is 51.0 Å². The molecule has 1 N–H and O–H groups in total. The van der Waals surface area contributed by atoms with Crippen LogP contribution in [-0.2, 0) is 13.1 Å². The largest absolute Gasteiger partial charge is 0.307 e. The molecule has 0 amide bonds. The van der Waals surface area contributed by atoms with Gasteiger partial charge >= 0.3 is 0 Å². The molecule has 90 valence electrons. The molecule has 17 heavy (non-hydrogen) atoms. The summed E-state index contributed by atoms with van der Waals surface area (Å²) in [4.78, 5) is 4.26. The monoisotopic (exact) mass is 246 g/mol. The van der Waals surface area contributed by atoms with Crippen LogP contribution in [-0.4, -0.2) is 4.98 Å². The number of hydrogen-bond acceptors (Lipinski definition) is 3. The Morgan fingerprint density at radius 2 is 1.82 bits per heavy atom. The molecule has 1 aromatic carbocycles. The van der Waals surface area contributed by atoms with E-state index >= 15 is 0 Å². The lowest BCUT2D eigenvalue weighted by Crippen LogP contribution is -2.14. The highest BCUT2D eigenvalue weighted by atomic mass is 32.1. The van der Waals surface area contributed by atoms with Gasteiger partial charge in [-0.2, -0.15) is 0 Å². The first-order valence-corrected chi connectivity index (χ1v) is 6.75. The van der Waals surface area contributed by atoms with E-state index < -0.39 is 0 Å². The van der Waals surface area contributed by atoms with Crippen molar-refractivity contribution in [3.63, 3.8) is 0 Å². The number of nitrogens with one attached hydrogen (secondary N) is 1. The Morgan fingerprint density at radius 3 is 2.53 bits per heavy atom. The average Bonchev–Trinajstić information content (AvgIpc) is 2.78. The van der Waals surface area contributed by atoms with Gasteiger partial charge in [-0.1, -0.05) is 12.1 Å². The van der Waals surface area contributed by atoms with Crippen LogP contribution in [0.4, 0.5) is 0 Å². The van der Waals surface area contributed by atoms with Crippen LogP contribution in [0.25, 0.3) is 0 Å². The first-order chi connectivity index (χ1) is 8.16. The highest BCUT2D eigenvalue weighted by Gasteiger charge is 2.02. The molecular formula is C14H18N2S. The number of nitrogens with zero attached hydrogens (tertiary/aromatic N) is 1. The Balaban J connectivity index is 1.97. The number of aryl methyl sites for hydroxylation is 3. The minimum atomic E-state index is 0.843. The van der Waals surface area contributed by atoms with Crippen LogP contribution in [0, 0.1) is 20.8 Å². The zero-order chi connectivity index (χ0) is 12.3. The second-order valence-electron chi connectivity index (χ2n) is 4.45. The second kappa shape index (κ2) is 5.43. The first-order valence-electron chi connectivity index (χ1n) is 5.81. The lowest BCUT2D eigenvalue weighted by Gasteiger charge is -2.10. The molecule has 0 atom stereocenters. The summed E-state index contributed by atoms with van der Waals surface area (Å²) >= 11 is 1.64. The van der Waals surface area contributed by atoms with E-state index in [9.17, 15) is 0 Å². The summed E-state index contributed by atoms with van der Waals surface area (Å²) in [5.74, 6) is 0. The Hall–Kier alpha value is -1.19. The lowest BCUT2D eigenvalue weighted by molar-refractivity contribution is 0.679. The lowest BCUT2D eigenvalue weighted by atomic mass is 10.0. The Kier molecular flexibility index (Phi) is 3.92. The summed E-state index contributed by atoms with van der Waals surface area (Å²) in [6, 6.07) is 4.54. The summed E-state index contributed by atoms with van der Waals surface area (Å²) in [6.07, 6.45) is 0. The first kappa shape index (κ1) is 12.3. The number of thiazole rings is 1. The molecule has 1 heterocycles. The van der Waals surface area contributed by atoms with Gasteiger partial charge in [0, 0.05) is 18.5 Å². The van der Waals surface area contributed by atoms with Crippen LogP contribution in [0.1, 0.15) is 27.9 Å². The van der Waals surface area contributed by atoms with Crippen molar-refractivity contribution < 1.29 is 0 Å². The van der Waals surface area contributed by atoms with Crippen molar-refractivity contribution >= 4 is 11.3 Å². The molecule has 1 aromatic heterocycles. The quantitative estimate of drug-likeness (QED) is 0.894. The third-order valence-corrected chi connectivity index (χ3v) is 3.69. The van der Waals surface area contributed by atoms with E-state index in [2.05, 4.69) is 48.6 Å². The molecule has 0 aliphatic carbocycles. The second-order valence-corrected chi connectivity index (χ2v) is 5.16. The highest BCUT2D eigenvalue weighted by Crippen LogP contribution is 2.15. The summed E-state index contributed by atoms with van der Waals surface area (Å²) in [6.45, 7) is 8.25. The fourth-order valence-corrected chi connectivity index (χ4v) is 2.42. The third-order valence-electron chi connectivity index (χ3n) is 3.06. The fraction of sp³-hybridized carbons (Fsp3) is 0.357. The molecule has 0 spiro atoms. The molecule has 0 aliphatic heterocycles. The van der Waals surface area contributed by atoms with Gasteiger partial charge in [0.25, 0.3) is 0 Å². The van der Waals surface area contributed by atoms with Crippen molar-refractivity contribution in [3.8, 4) is 0 Å². The van der Waals surface area contributed by atoms with Gasteiger partial charge in [0.05, 0.1) is 11.2 Å². The zero-order valence-corrected chi connectivity index (χ0v) is 11.4. The predicted octanol–water partition coefficient (Wildman–Crippen LogP) is 3.36. The van der Waals surface area contributed by atoms with E-state index in [-0.39, 0.29) is 0 Å². The molecule has 0 aliphatic rings. The summed E-state index contributed by atoms with van der Waals surface area (Å²) < 4.78 is 0. The summed E-state index contributed by atoms with van der Waals surface area (Å²) in [5.41, 5.74) is 8.46. The molecule has 2 rings (SSSR count). The molecule has 0 bridgehead atoms. The highest BCUT2D eigenvalue weighted by molar-refractivity contribution is 7.07. The van der Waals surface area contributed by atoms with Crippen LogP contribution < -0.4 is 5.32 Å². The van der Waals surface area contributed by atoms with E-state index in [1.54, 1.807) is 11.3 Å². The SMILES string of the molecule is Cc1cc(C)c(CNCc2cscn2)cc1C. The van der Waals surface area contributed by atoms with Crippen LogP contribution in [0.5, 0.6) is 0 Å². The Bertz CT molecular complexity index is 489. The van der Waals surface area contributed by atoms with Gasteiger partial charge in [-0.3, -0.25) is 0 Å². The van der Waals surface area contributed by atoms with Gasteiger partial charge in [0.1, 0.15) is 0 Å². The maximum absolute atomic E-state index is 4.26. The van der Waals surface area contributed by atoms with Gasteiger partial charge in [-0.25, -0.2) is 4.98 Å². The normalized spacial score (nSPS) is 10.8. The molecule has 2 aromatic rings. The van der Waals surface area contributed by atoms with Crippen LogP contribution >= 0.6 is 11.3 Å². The fourth-order valence-electron chi connectivity index (χ4n) is 1.86. The molecule has 0 radical (unpaired) electrons. The topological polar surface area (TPSA) is 24.9 Å². The van der Waals surface area contributed by atoms with Crippen LogP contribution in [0.15, 0.2) is 23.0 Å². The number of benzene rings is 1. The predicted molar refractivity (Wildman–Crippen MR) is 73.3 cm³/mol. The van der Waals surface area contributed by atoms with E-state index in [0.29, 0.717) is 0 Å². The maximum atomic E-state index is 4.26. The maximum Gasteiger partial charge on any atom is 0.0795 e. The van der Waals surface area contributed by atoms with Crippen molar-refractivity contribution in [2.75, 3.05) is 0 Å². The van der Waals surface area contributed by atoms with Crippen molar-refractivity contribution in [2.45, 2.75) is 33.9 Å². The van der Waals surface area contributed by atoms with Gasteiger partial charge < -0.3 is 5.32 Å². The van der Waals surface area contributed by atoms with E-state index in [0.717, 1.165) is 18.8 Å². The molecule has 0 unspecified atom stereocenters. The minimum Gasteiger partial charge on any atom is -0.307 e. The molecular weight excluding hydrogens is 228 g/mol.